The fraction of sp³-hybridized carbons (Fsp3) is 0.0952. The molecule has 0 radical (unpaired) electrons. The van der Waals surface area contributed by atoms with Gasteiger partial charge in [-0.15, -0.1) is 0 Å². The summed E-state index contributed by atoms with van der Waals surface area (Å²) in [6.07, 6.45) is 0. The number of aryl methyl sites for hydroxylation is 1. The highest BCUT2D eigenvalue weighted by atomic mass is 15.1. The second kappa shape index (κ2) is 10.00. The van der Waals surface area contributed by atoms with Crippen molar-refractivity contribution < 1.29 is 0 Å². The summed E-state index contributed by atoms with van der Waals surface area (Å²) in [7, 11) is 0. The largest absolute Gasteiger partial charge is 0.310 e. The molecule has 0 aliphatic heterocycles. The Morgan fingerprint density at radius 1 is 0.442 bits per heavy atom. The van der Waals surface area contributed by atoms with Crippen LogP contribution in [0.2, 0.25) is 0 Å². The van der Waals surface area contributed by atoms with Gasteiger partial charge in [0.25, 0.3) is 0 Å². The zero-order chi connectivity index (χ0) is 29.1. The van der Waals surface area contributed by atoms with Crippen molar-refractivity contribution in [3.05, 3.63) is 151 Å². The molecule has 0 unspecified atom stereocenters. The maximum Gasteiger partial charge on any atom is 0.0493 e. The molecule has 7 aromatic carbocycles. The molecule has 0 saturated carbocycles. The quantitative estimate of drug-likeness (QED) is 0.206. The van der Waals surface area contributed by atoms with Gasteiger partial charge in [0, 0.05) is 17.1 Å². The number of fused-ring (bicyclic) bond motifs is 6. The van der Waals surface area contributed by atoms with Gasteiger partial charge < -0.3 is 4.90 Å². The van der Waals surface area contributed by atoms with Crippen molar-refractivity contribution in [2.75, 3.05) is 4.90 Å². The van der Waals surface area contributed by atoms with Crippen LogP contribution >= 0.6 is 0 Å². The smallest absolute Gasteiger partial charge is 0.0493 e. The van der Waals surface area contributed by atoms with E-state index in [2.05, 4.69) is 165 Å². The van der Waals surface area contributed by atoms with E-state index in [-0.39, 0.29) is 0 Å². The van der Waals surface area contributed by atoms with Crippen LogP contribution in [-0.2, 0) is 0 Å². The molecule has 206 valence electrons. The minimum absolute atomic E-state index is 0.465. The lowest BCUT2D eigenvalue weighted by molar-refractivity contribution is 0.865. The molecule has 0 saturated heterocycles. The minimum Gasteiger partial charge on any atom is -0.310 e. The highest BCUT2D eigenvalue weighted by Crippen LogP contribution is 2.51. The molecule has 43 heavy (non-hydrogen) atoms. The van der Waals surface area contributed by atoms with Crippen molar-refractivity contribution >= 4 is 38.6 Å². The zero-order valence-corrected chi connectivity index (χ0v) is 24.8. The summed E-state index contributed by atoms with van der Waals surface area (Å²) in [6.45, 7) is 6.74. The number of anilines is 3. The first-order chi connectivity index (χ1) is 21.0. The first-order valence-electron chi connectivity index (χ1n) is 15.2. The second-order valence-corrected chi connectivity index (χ2v) is 12.1. The van der Waals surface area contributed by atoms with Gasteiger partial charge in [-0.25, -0.2) is 0 Å². The average molecular weight is 552 g/mol. The second-order valence-electron chi connectivity index (χ2n) is 12.1. The van der Waals surface area contributed by atoms with Crippen LogP contribution in [0, 0.1) is 6.92 Å². The monoisotopic (exact) mass is 551 g/mol. The minimum atomic E-state index is 0.465. The summed E-state index contributed by atoms with van der Waals surface area (Å²) in [5.41, 5.74) is 14.1. The van der Waals surface area contributed by atoms with E-state index in [1.54, 1.807) is 0 Å². The van der Waals surface area contributed by atoms with Crippen molar-refractivity contribution in [2.45, 2.75) is 26.7 Å². The third-order valence-corrected chi connectivity index (χ3v) is 9.04. The number of rotatable bonds is 5. The molecule has 0 atom stereocenters. The molecule has 0 heterocycles. The van der Waals surface area contributed by atoms with Crippen LogP contribution in [-0.4, -0.2) is 0 Å². The molecular weight excluding hydrogens is 518 g/mol. The summed E-state index contributed by atoms with van der Waals surface area (Å²) in [5, 5.41) is 5.11. The topological polar surface area (TPSA) is 3.24 Å². The van der Waals surface area contributed by atoms with Gasteiger partial charge >= 0.3 is 0 Å². The number of benzene rings is 7. The third kappa shape index (κ3) is 4.32. The van der Waals surface area contributed by atoms with Crippen LogP contribution in [0.1, 0.15) is 30.9 Å². The van der Waals surface area contributed by atoms with Crippen LogP contribution in [0.3, 0.4) is 0 Å². The lowest BCUT2D eigenvalue weighted by Gasteiger charge is -2.29. The van der Waals surface area contributed by atoms with Gasteiger partial charge in [-0.05, 0) is 140 Å². The van der Waals surface area contributed by atoms with E-state index in [1.807, 2.05) is 0 Å². The number of hydrogen-bond acceptors (Lipinski definition) is 1. The summed E-state index contributed by atoms with van der Waals surface area (Å²) in [4.78, 5) is 2.41. The van der Waals surface area contributed by atoms with E-state index < -0.39 is 0 Å². The van der Waals surface area contributed by atoms with Gasteiger partial charge in [0.1, 0.15) is 0 Å². The van der Waals surface area contributed by atoms with Gasteiger partial charge in [-0.1, -0.05) is 92.7 Å². The molecule has 0 N–H and O–H groups in total. The Morgan fingerprint density at radius 2 is 1.02 bits per heavy atom. The van der Waals surface area contributed by atoms with Crippen LogP contribution in [0.4, 0.5) is 17.1 Å². The Morgan fingerprint density at radius 3 is 1.67 bits per heavy atom. The van der Waals surface area contributed by atoms with Gasteiger partial charge in [-0.3, -0.25) is 0 Å². The molecule has 8 rings (SSSR count). The molecule has 1 heteroatoms. The predicted molar refractivity (Wildman–Crippen MR) is 185 cm³/mol. The van der Waals surface area contributed by atoms with Crippen LogP contribution in [0.25, 0.3) is 54.9 Å². The van der Waals surface area contributed by atoms with Gasteiger partial charge in [0.2, 0.25) is 0 Å². The van der Waals surface area contributed by atoms with E-state index in [0.717, 1.165) is 0 Å². The molecule has 0 spiro atoms. The van der Waals surface area contributed by atoms with Crippen LogP contribution in [0.5, 0.6) is 0 Å². The Kier molecular flexibility index (Phi) is 5.94. The van der Waals surface area contributed by atoms with E-state index >= 15 is 0 Å². The lowest BCUT2D eigenvalue weighted by atomic mass is 9.77. The fourth-order valence-corrected chi connectivity index (χ4v) is 6.59. The summed E-state index contributed by atoms with van der Waals surface area (Å²) >= 11 is 0. The van der Waals surface area contributed by atoms with Crippen LogP contribution < -0.4 is 4.90 Å². The first kappa shape index (κ1) is 25.6. The van der Waals surface area contributed by atoms with E-state index in [9.17, 15) is 0 Å². The van der Waals surface area contributed by atoms with Crippen molar-refractivity contribution in [2.24, 2.45) is 0 Å². The average Bonchev–Trinajstić information content (AvgIpc) is 3.04. The zero-order valence-electron chi connectivity index (χ0n) is 24.8. The normalized spacial score (nSPS) is 11.8. The Bertz CT molecular complexity index is 2160. The Balaban J connectivity index is 1.24. The molecule has 1 aliphatic carbocycles. The number of hydrogen-bond donors (Lipinski definition) is 0. The van der Waals surface area contributed by atoms with Crippen molar-refractivity contribution in [3.8, 4) is 33.4 Å². The Hall–Kier alpha value is -5.14. The molecule has 0 amide bonds. The summed E-state index contributed by atoms with van der Waals surface area (Å²) in [5.74, 6) is 0.465. The standard InChI is InChI=1S/C42H33N/c1-27(2)30-15-14-28(3)42(26-30)43(36-12-8-5-9-13-36)37-19-18-33-23-39-38-22-32-17-16-31(29-10-6-4-7-11-29)20-34(32)24-40(38)41(39)25-35(33)21-37/h4-27H,1-3H3. The van der Waals surface area contributed by atoms with Gasteiger partial charge in [0.05, 0.1) is 0 Å². The number of para-hydroxylation sites is 1. The molecular formula is C42H33N. The Labute approximate surface area is 253 Å². The molecule has 1 nitrogen and oxygen atoms in total. The van der Waals surface area contributed by atoms with E-state index in [1.165, 1.54) is 83.1 Å². The summed E-state index contributed by atoms with van der Waals surface area (Å²) < 4.78 is 0. The highest BCUT2D eigenvalue weighted by Gasteiger charge is 2.24. The van der Waals surface area contributed by atoms with Crippen LogP contribution in [0.15, 0.2) is 140 Å². The first-order valence-corrected chi connectivity index (χ1v) is 15.2. The van der Waals surface area contributed by atoms with Gasteiger partial charge in [-0.2, -0.15) is 0 Å². The fourth-order valence-electron chi connectivity index (χ4n) is 6.59. The molecule has 0 bridgehead atoms. The maximum absolute atomic E-state index is 2.41. The summed E-state index contributed by atoms with van der Waals surface area (Å²) in [6, 6.07) is 51.5. The SMILES string of the molecule is Cc1ccc(C(C)C)cc1N(c1ccccc1)c1ccc2cc3c(cc2c1)-c1cc2cc(-c4ccccc4)ccc2cc1-3. The van der Waals surface area contributed by atoms with Crippen molar-refractivity contribution in [3.63, 3.8) is 0 Å². The third-order valence-electron chi connectivity index (χ3n) is 9.04. The van der Waals surface area contributed by atoms with E-state index in [4.69, 9.17) is 0 Å². The van der Waals surface area contributed by atoms with Crippen molar-refractivity contribution in [1.29, 1.82) is 0 Å². The molecule has 7 aromatic rings. The number of nitrogens with zero attached hydrogens (tertiary/aromatic N) is 1. The highest BCUT2D eigenvalue weighted by molar-refractivity contribution is 6.12. The van der Waals surface area contributed by atoms with Crippen molar-refractivity contribution in [1.82, 2.24) is 0 Å². The predicted octanol–water partition coefficient (Wildman–Crippen LogP) is 12.2. The molecule has 0 aromatic heterocycles. The molecule has 0 fully saturated rings. The molecule has 1 aliphatic rings. The van der Waals surface area contributed by atoms with E-state index in [0.29, 0.717) is 5.92 Å². The maximum atomic E-state index is 2.41. The van der Waals surface area contributed by atoms with Gasteiger partial charge in [0.15, 0.2) is 0 Å². The lowest BCUT2D eigenvalue weighted by Crippen LogP contribution is -2.12.